The number of carbonyl (C=O) groups excluding carboxylic acids is 1. The predicted octanol–water partition coefficient (Wildman–Crippen LogP) is 1.21. The Hall–Kier alpha value is -0.810. The molecule has 0 aromatic heterocycles. The lowest BCUT2D eigenvalue weighted by atomic mass is 9.99. The quantitative estimate of drug-likeness (QED) is 0.827. The number of hydrogen-bond donors (Lipinski definition) is 1. The van der Waals surface area contributed by atoms with Gasteiger partial charge in [0, 0.05) is 39.3 Å². The Morgan fingerprint density at radius 3 is 2.30 bits per heavy atom. The molecule has 2 amide bonds. The number of piperidine rings is 1. The van der Waals surface area contributed by atoms with Crippen LogP contribution in [0.25, 0.3) is 0 Å². The van der Waals surface area contributed by atoms with Crippen LogP contribution in [-0.4, -0.2) is 80.1 Å². The van der Waals surface area contributed by atoms with Gasteiger partial charge in [0.1, 0.15) is 0 Å². The smallest absolute Gasteiger partial charge is 0.319 e. The molecule has 1 unspecified atom stereocenters. The largest absolute Gasteiger partial charge is 0.331 e. The van der Waals surface area contributed by atoms with Crippen molar-refractivity contribution in [1.29, 1.82) is 0 Å². The molecule has 1 N–H and O–H groups in total. The van der Waals surface area contributed by atoms with Crippen molar-refractivity contribution in [2.24, 2.45) is 0 Å². The summed E-state index contributed by atoms with van der Waals surface area (Å²) in [6, 6.07) is 1.51. The third-order valence-corrected chi connectivity index (χ3v) is 4.81. The van der Waals surface area contributed by atoms with E-state index < -0.39 is 0 Å². The molecule has 0 spiro atoms. The summed E-state index contributed by atoms with van der Waals surface area (Å²) in [4.78, 5) is 18.2. The molecule has 0 radical (unpaired) electrons. The van der Waals surface area contributed by atoms with Gasteiger partial charge in [-0.1, -0.05) is 0 Å². The Morgan fingerprint density at radius 2 is 1.65 bits per heavy atom. The summed E-state index contributed by atoms with van der Waals surface area (Å²) in [5.74, 6) is 0. The third-order valence-electron chi connectivity index (χ3n) is 4.81. The Kier molecular flexibility index (Phi) is 5.66. The third kappa shape index (κ3) is 3.85. The molecule has 0 aliphatic carbocycles. The van der Waals surface area contributed by atoms with Gasteiger partial charge in [-0.15, -0.1) is 0 Å². The number of nitrogens with zero attached hydrogens (tertiary/aromatic N) is 3. The molecular formula is C15H30N4O. The van der Waals surface area contributed by atoms with Gasteiger partial charge in [-0.3, -0.25) is 0 Å². The molecule has 2 saturated heterocycles. The maximum atomic E-state index is 12.0. The molecular weight excluding hydrogens is 252 g/mol. The summed E-state index contributed by atoms with van der Waals surface area (Å²) in [7, 11) is 5.95. The molecule has 20 heavy (non-hydrogen) atoms. The van der Waals surface area contributed by atoms with Gasteiger partial charge in [0.15, 0.2) is 0 Å². The fourth-order valence-corrected chi connectivity index (χ4v) is 3.45. The summed E-state index contributed by atoms with van der Waals surface area (Å²) >= 11 is 0. The van der Waals surface area contributed by atoms with E-state index in [4.69, 9.17) is 0 Å². The zero-order valence-corrected chi connectivity index (χ0v) is 13.3. The summed E-state index contributed by atoms with van der Waals surface area (Å²) in [6.45, 7) is 4.11. The molecule has 0 aromatic rings. The number of likely N-dealkylation sites (tertiary alicyclic amines) is 1. The highest BCUT2D eigenvalue weighted by Crippen LogP contribution is 2.22. The van der Waals surface area contributed by atoms with E-state index in [1.54, 1.807) is 4.90 Å². The molecule has 0 aromatic carbocycles. The van der Waals surface area contributed by atoms with E-state index in [9.17, 15) is 4.79 Å². The van der Waals surface area contributed by atoms with Crippen molar-refractivity contribution in [3.63, 3.8) is 0 Å². The van der Waals surface area contributed by atoms with E-state index in [1.165, 1.54) is 25.8 Å². The molecule has 2 rings (SSSR count). The van der Waals surface area contributed by atoms with E-state index in [0.717, 1.165) is 32.5 Å². The second-order valence-corrected chi connectivity index (χ2v) is 6.40. The average Bonchev–Trinajstić information content (AvgIpc) is 2.75. The topological polar surface area (TPSA) is 38.8 Å². The van der Waals surface area contributed by atoms with Gasteiger partial charge >= 0.3 is 6.03 Å². The normalized spacial score (nSPS) is 25.6. The van der Waals surface area contributed by atoms with E-state index in [0.29, 0.717) is 12.1 Å². The highest BCUT2D eigenvalue weighted by atomic mass is 16.2. The van der Waals surface area contributed by atoms with Crippen molar-refractivity contribution in [2.75, 3.05) is 47.3 Å². The highest BCUT2D eigenvalue weighted by Gasteiger charge is 2.29. The summed E-state index contributed by atoms with van der Waals surface area (Å²) < 4.78 is 0. The number of amides is 2. The van der Waals surface area contributed by atoms with Gasteiger partial charge in [0.05, 0.1) is 0 Å². The number of urea groups is 1. The van der Waals surface area contributed by atoms with Crippen molar-refractivity contribution < 1.29 is 4.79 Å². The first-order chi connectivity index (χ1) is 9.59. The number of rotatable bonds is 2. The lowest BCUT2D eigenvalue weighted by Crippen LogP contribution is -2.50. The van der Waals surface area contributed by atoms with Crippen LogP contribution in [-0.2, 0) is 0 Å². The Balaban J connectivity index is 1.81. The SMILES string of the molecule is CN(C)C(=O)N1CCC(N(C)C2CCCNCC2)CC1. The van der Waals surface area contributed by atoms with Crippen LogP contribution in [0.4, 0.5) is 4.79 Å². The second-order valence-electron chi connectivity index (χ2n) is 6.40. The van der Waals surface area contributed by atoms with Crippen LogP contribution in [0, 0.1) is 0 Å². The lowest BCUT2D eigenvalue weighted by Gasteiger charge is -2.40. The lowest BCUT2D eigenvalue weighted by molar-refractivity contribution is 0.0927. The van der Waals surface area contributed by atoms with Crippen molar-refractivity contribution in [3.8, 4) is 0 Å². The zero-order valence-electron chi connectivity index (χ0n) is 13.3. The van der Waals surface area contributed by atoms with E-state index in [-0.39, 0.29) is 6.03 Å². The van der Waals surface area contributed by atoms with Gasteiger partial charge in [-0.25, -0.2) is 4.79 Å². The van der Waals surface area contributed by atoms with Gasteiger partial charge in [0.2, 0.25) is 0 Å². The van der Waals surface area contributed by atoms with Gasteiger partial charge in [0.25, 0.3) is 0 Å². The predicted molar refractivity (Wildman–Crippen MR) is 81.9 cm³/mol. The van der Waals surface area contributed by atoms with Crippen molar-refractivity contribution in [1.82, 2.24) is 20.0 Å². The number of nitrogens with one attached hydrogen (secondary N) is 1. The second kappa shape index (κ2) is 7.27. The Bertz CT molecular complexity index is 305. The highest BCUT2D eigenvalue weighted by molar-refractivity contribution is 5.73. The Labute approximate surface area is 123 Å². The van der Waals surface area contributed by atoms with E-state index >= 15 is 0 Å². The first-order valence-corrected chi connectivity index (χ1v) is 7.98. The summed E-state index contributed by atoms with van der Waals surface area (Å²) in [5.41, 5.74) is 0. The van der Waals surface area contributed by atoms with E-state index in [1.807, 2.05) is 19.0 Å². The molecule has 5 heteroatoms. The monoisotopic (exact) mass is 282 g/mol. The molecule has 2 heterocycles. The standard InChI is InChI=1S/C15H30N4O/c1-17(2)15(20)19-11-7-14(8-12-19)18(3)13-5-4-9-16-10-6-13/h13-14,16H,4-12H2,1-3H3. The Morgan fingerprint density at radius 1 is 1.00 bits per heavy atom. The van der Waals surface area contributed by atoms with Crippen LogP contribution in [0.1, 0.15) is 32.1 Å². The average molecular weight is 282 g/mol. The maximum Gasteiger partial charge on any atom is 0.319 e. The van der Waals surface area contributed by atoms with Gasteiger partial charge < -0.3 is 20.0 Å². The van der Waals surface area contributed by atoms with E-state index in [2.05, 4.69) is 17.3 Å². The van der Waals surface area contributed by atoms with Gasteiger partial charge in [-0.2, -0.15) is 0 Å². The first kappa shape index (κ1) is 15.6. The van der Waals surface area contributed by atoms with Crippen LogP contribution in [0.5, 0.6) is 0 Å². The number of hydrogen-bond acceptors (Lipinski definition) is 3. The molecule has 5 nitrogen and oxygen atoms in total. The molecule has 2 fully saturated rings. The first-order valence-electron chi connectivity index (χ1n) is 7.98. The molecule has 2 aliphatic heterocycles. The molecule has 2 aliphatic rings. The van der Waals surface area contributed by atoms with Crippen molar-refractivity contribution in [2.45, 2.75) is 44.2 Å². The summed E-state index contributed by atoms with van der Waals surface area (Å²) in [6.07, 6.45) is 6.07. The molecule has 0 saturated carbocycles. The maximum absolute atomic E-state index is 12.0. The van der Waals surface area contributed by atoms with Crippen molar-refractivity contribution in [3.05, 3.63) is 0 Å². The van der Waals surface area contributed by atoms with Crippen LogP contribution in [0.2, 0.25) is 0 Å². The molecule has 116 valence electrons. The molecule has 0 bridgehead atoms. The van der Waals surface area contributed by atoms with Crippen LogP contribution < -0.4 is 5.32 Å². The fourth-order valence-electron chi connectivity index (χ4n) is 3.45. The fraction of sp³-hybridized carbons (Fsp3) is 0.933. The van der Waals surface area contributed by atoms with Crippen molar-refractivity contribution >= 4 is 6.03 Å². The molecule has 1 atom stereocenters. The minimum Gasteiger partial charge on any atom is -0.331 e. The minimum atomic E-state index is 0.157. The van der Waals surface area contributed by atoms with Crippen LogP contribution >= 0.6 is 0 Å². The van der Waals surface area contributed by atoms with Crippen LogP contribution in [0.3, 0.4) is 0 Å². The zero-order chi connectivity index (χ0) is 14.5. The summed E-state index contributed by atoms with van der Waals surface area (Å²) in [5, 5.41) is 3.48. The van der Waals surface area contributed by atoms with Crippen LogP contribution in [0.15, 0.2) is 0 Å². The minimum absolute atomic E-state index is 0.157. The number of carbonyl (C=O) groups is 1. The van der Waals surface area contributed by atoms with Gasteiger partial charge in [-0.05, 0) is 52.2 Å².